The van der Waals surface area contributed by atoms with Gasteiger partial charge in [0, 0.05) is 37.3 Å². The topological polar surface area (TPSA) is 37.3 Å². The number of benzene rings is 1. The van der Waals surface area contributed by atoms with E-state index < -0.39 is 0 Å². The minimum atomic E-state index is -0.235. The first-order valence-electron chi connectivity index (χ1n) is 9.02. The number of halogens is 1. The summed E-state index contributed by atoms with van der Waals surface area (Å²) in [6.45, 7) is 4.47. The summed E-state index contributed by atoms with van der Waals surface area (Å²) in [4.78, 5) is 14.3. The zero-order valence-electron chi connectivity index (χ0n) is 14.7. The third kappa shape index (κ3) is 3.26. The Balaban J connectivity index is 1.47. The van der Waals surface area contributed by atoms with Crippen molar-refractivity contribution >= 4 is 17.3 Å². The van der Waals surface area contributed by atoms with E-state index in [0.717, 1.165) is 42.4 Å². The molecule has 2 aliphatic rings. The lowest BCUT2D eigenvalue weighted by molar-refractivity contribution is 0.176. The summed E-state index contributed by atoms with van der Waals surface area (Å²) in [5, 5.41) is 4.10. The van der Waals surface area contributed by atoms with Gasteiger partial charge in [-0.05, 0) is 55.2 Å². The van der Waals surface area contributed by atoms with Crippen LogP contribution in [0.2, 0.25) is 0 Å². The van der Waals surface area contributed by atoms with Gasteiger partial charge < -0.3 is 14.8 Å². The van der Waals surface area contributed by atoms with Crippen LogP contribution >= 0.6 is 12.2 Å². The van der Waals surface area contributed by atoms with Gasteiger partial charge in [0.15, 0.2) is 5.11 Å². The van der Waals surface area contributed by atoms with Gasteiger partial charge in [0.1, 0.15) is 5.82 Å². The minimum Gasteiger partial charge on any atom is -0.356 e. The molecule has 2 aromatic rings. The molecule has 0 unspecified atom stereocenters. The minimum absolute atomic E-state index is 0.0137. The van der Waals surface area contributed by atoms with Crippen LogP contribution in [0.3, 0.4) is 0 Å². The van der Waals surface area contributed by atoms with Gasteiger partial charge in [0.25, 0.3) is 5.56 Å². The maximum Gasteiger partial charge on any atom is 0.250 e. The molecule has 2 aliphatic heterocycles. The van der Waals surface area contributed by atoms with E-state index in [2.05, 4.69) is 16.3 Å². The van der Waals surface area contributed by atoms with Crippen molar-refractivity contribution < 1.29 is 4.39 Å². The van der Waals surface area contributed by atoms with Crippen LogP contribution in [0.1, 0.15) is 36.6 Å². The molecule has 1 aromatic heterocycles. The normalized spacial score (nSPS) is 22.5. The van der Waals surface area contributed by atoms with Crippen molar-refractivity contribution in [1.29, 1.82) is 0 Å². The van der Waals surface area contributed by atoms with E-state index in [9.17, 15) is 9.18 Å². The lowest BCUT2D eigenvalue weighted by atomic mass is 9.83. The first-order chi connectivity index (χ1) is 12.5. The third-order valence-corrected chi connectivity index (χ3v) is 5.85. The highest BCUT2D eigenvalue weighted by Gasteiger charge is 2.35. The molecule has 2 bridgehead atoms. The second-order valence-electron chi connectivity index (χ2n) is 7.33. The van der Waals surface area contributed by atoms with Gasteiger partial charge in [-0.2, -0.15) is 0 Å². The number of rotatable bonds is 2. The molecule has 6 heteroatoms. The number of hydrogen-bond acceptors (Lipinski definition) is 2. The number of aromatic nitrogens is 1. The largest absolute Gasteiger partial charge is 0.356 e. The van der Waals surface area contributed by atoms with Crippen LogP contribution in [-0.4, -0.2) is 27.7 Å². The predicted octanol–water partition coefficient (Wildman–Crippen LogP) is 3.04. The third-order valence-electron chi connectivity index (χ3n) is 5.48. The Morgan fingerprint density at radius 3 is 2.73 bits per heavy atom. The van der Waals surface area contributed by atoms with Crippen LogP contribution < -0.4 is 10.9 Å². The molecule has 1 fully saturated rings. The van der Waals surface area contributed by atoms with Gasteiger partial charge in [-0.1, -0.05) is 18.2 Å². The summed E-state index contributed by atoms with van der Waals surface area (Å²) in [6.07, 6.45) is 1.11. The molecule has 4 rings (SSSR count). The summed E-state index contributed by atoms with van der Waals surface area (Å²) in [5.41, 5.74) is 2.21. The molecule has 0 radical (unpaired) electrons. The number of nitrogens with zero attached hydrogens (tertiary/aromatic N) is 2. The molecule has 3 atom stereocenters. The molecule has 1 saturated heterocycles. The van der Waals surface area contributed by atoms with Crippen molar-refractivity contribution in [3.05, 3.63) is 69.9 Å². The number of likely N-dealkylation sites (tertiary alicyclic amines) is 1. The second-order valence-corrected chi connectivity index (χ2v) is 7.71. The fourth-order valence-electron chi connectivity index (χ4n) is 4.17. The van der Waals surface area contributed by atoms with Crippen molar-refractivity contribution in [3.63, 3.8) is 0 Å². The van der Waals surface area contributed by atoms with E-state index in [1.165, 1.54) is 12.1 Å². The van der Waals surface area contributed by atoms with Gasteiger partial charge in [-0.3, -0.25) is 4.79 Å². The first-order valence-corrected chi connectivity index (χ1v) is 9.42. The summed E-state index contributed by atoms with van der Waals surface area (Å²) in [6, 6.07) is 12.1. The van der Waals surface area contributed by atoms with Gasteiger partial charge >= 0.3 is 0 Å². The Labute approximate surface area is 157 Å². The molecule has 1 N–H and O–H groups in total. The van der Waals surface area contributed by atoms with Gasteiger partial charge in [-0.25, -0.2) is 4.39 Å². The Hall–Kier alpha value is -2.21. The molecule has 0 amide bonds. The van der Waals surface area contributed by atoms with Crippen LogP contribution in [-0.2, 0) is 6.54 Å². The smallest absolute Gasteiger partial charge is 0.250 e. The van der Waals surface area contributed by atoms with E-state index in [1.54, 1.807) is 18.2 Å². The molecule has 0 aliphatic carbocycles. The lowest BCUT2D eigenvalue weighted by Gasteiger charge is -2.44. The van der Waals surface area contributed by atoms with Gasteiger partial charge in [-0.15, -0.1) is 0 Å². The average molecular weight is 371 g/mol. The monoisotopic (exact) mass is 371 g/mol. The van der Waals surface area contributed by atoms with Crippen molar-refractivity contribution in [2.75, 3.05) is 13.1 Å². The zero-order valence-corrected chi connectivity index (χ0v) is 15.5. The molecule has 26 heavy (non-hydrogen) atoms. The summed E-state index contributed by atoms with van der Waals surface area (Å²) in [5.74, 6) is 0.529. The van der Waals surface area contributed by atoms with E-state index in [4.69, 9.17) is 12.2 Å². The van der Waals surface area contributed by atoms with E-state index >= 15 is 0 Å². The fraction of sp³-hybridized carbons (Fsp3) is 0.400. The predicted molar refractivity (Wildman–Crippen MR) is 104 cm³/mol. The summed E-state index contributed by atoms with van der Waals surface area (Å²) in [7, 11) is 0. The van der Waals surface area contributed by atoms with Crippen LogP contribution in [0.5, 0.6) is 0 Å². The quantitative estimate of drug-likeness (QED) is 0.824. The Morgan fingerprint density at radius 2 is 1.96 bits per heavy atom. The van der Waals surface area contributed by atoms with Crippen LogP contribution in [0.15, 0.2) is 47.3 Å². The molecule has 4 nitrogen and oxygen atoms in total. The van der Waals surface area contributed by atoms with Crippen molar-refractivity contribution in [3.8, 4) is 0 Å². The summed E-state index contributed by atoms with van der Waals surface area (Å²) < 4.78 is 15.0. The molecular weight excluding hydrogens is 349 g/mol. The number of piperidine rings is 1. The standard InChI is InChI=1S/C20H22FN3OS/c1-13(15-5-7-17(21)8-6-15)22-20(26)23-10-14-9-16(12-23)18-3-2-4-19(25)24(18)11-14/h2-8,13-14,16H,9-12H2,1H3,(H,22,26)/t13-,14-,16-/m0/s1. The number of hydrogen-bond donors (Lipinski definition) is 1. The lowest BCUT2D eigenvalue weighted by Crippen LogP contribution is -2.52. The van der Waals surface area contributed by atoms with Crippen molar-refractivity contribution in [1.82, 2.24) is 14.8 Å². The van der Waals surface area contributed by atoms with Gasteiger partial charge in [0.05, 0.1) is 6.04 Å². The molecule has 0 spiro atoms. The zero-order chi connectivity index (χ0) is 18.3. The second kappa shape index (κ2) is 6.83. The number of pyridine rings is 1. The molecule has 0 saturated carbocycles. The van der Waals surface area contributed by atoms with Crippen LogP contribution in [0.4, 0.5) is 4.39 Å². The Bertz CT molecular complexity index is 879. The SMILES string of the molecule is C[C@H](NC(=S)N1C[C@@H]2C[C@@H](C1)c1cccc(=O)n1C2)c1ccc(F)cc1. The van der Waals surface area contributed by atoms with Crippen LogP contribution in [0, 0.1) is 11.7 Å². The summed E-state index contributed by atoms with van der Waals surface area (Å²) >= 11 is 5.65. The highest BCUT2D eigenvalue weighted by molar-refractivity contribution is 7.80. The molecular formula is C20H22FN3OS. The van der Waals surface area contributed by atoms with Crippen LogP contribution in [0.25, 0.3) is 0 Å². The molecule has 1 aromatic carbocycles. The first kappa shape index (κ1) is 17.2. The van der Waals surface area contributed by atoms with E-state index in [1.807, 2.05) is 17.6 Å². The van der Waals surface area contributed by atoms with Crippen molar-refractivity contribution in [2.24, 2.45) is 5.92 Å². The maximum atomic E-state index is 13.1. The van der Waals surface area contributed by atoms with Gasteiger partial charge in [0.2, 0.25) is 0 Å². The molecule has 136 valence electrons. The van der Waals surface area contributed by atoms with E-state index in [-0.39, 0.29) is 17.4 Å². The molecule has 3 heterocycles. The van der Waals surface area contributed by atoms with Crippen molar-refractivity contribution in [2.45, 2.75) is 31.8 Å². The number of thiocarbonyl (C=S) groups is 1. The number of nitrogens with one attached hydrogen (secondary N) is 1. The number of fused-ring (bicyclic) bond motifs is 4. The highest BCUT2D eigenvalue weighted by Crippen LogP contribution is 2.35. The Morgan fingerprint density at radius 1 is 1.19 bits per heavy atom. The fourth-order valence-corrected chi connectivity index (χ4v) is 4.50. The highest BCUT2D eigenvalue weighted by atomic mass is 32.1. The van der Waals surface area contributed by atoms with E-state index in [0.29, 0.717) is 11.8 Å². The maximum absolute atomic E-state index is 13.1. The Kier molecular flexibility index (Phi) is 4.53. The average Bonchev–Trinajstić information content (AvgIpc) is 2.63.